The number of ether oxygens (including phenoxy) is 1. The second-order valence-corrected chi connectivity index (χ2v) is 6.15. The number of carbonyl (C=O) groups excluding carboxylic acids is 2. The second-order valence-electron chi connectivity index (χ2n) is 5.34. The Hall–Kier alpha value is -3.01. The SMILES string of the molecule is N#Cc1ccccc1COc1c(Cl)cc(/C=C2/NC(=O)NC2=O)cc1Cl. The molecule has 8 heteroatoms. The maximum absolute atomic E-state index is 11.6. The van der Waals surface area contributed by atoms with Gasteiger partial charge in [-0.1, -0.05) is 41.4 Å². The van der Waals surface area contributed by atoms with Gasteiger partial charge in [-0.25, -0.2) is 4.79 Å². The molecule has 2 aromatic carbocycles. The lowest BCUT2D eigenvalue weighted by molar-refractivity contribution is -0.115. The molecule has 0 aliphatic carbocycles. The Bertz CT molecular complexity index is 957. The van der Waals surface area contributed by atoms with E-state index in [9.17, 15) is 9.59 Å². The van der Waals surface area contributed by atoms with E-state index in [0.29, 0.717) is 16.7 Å². The summed E-state index contributed by atoms with van der Waals surface area (Å²) in [6.45, 7) is 0.127. The van der Waals surface area contributed by atoms with Gasteiger partial charge in [0, 0.05) is 5.56 Å². The number of rotatable bonds is 4. The summed E-state index contributed by atoms with van der Waals surface area (Å²) < 4.78 is 5.67. The van der Waals surface area contributed by atoms with Crippen LogP contribution in [-0.2, 0) is 11.4 Å². The summed E-state index contributed by atoms with van der Waals surface area (Å²) in [5.74, 6) is -0.265. The molecule has 0 bridgehead atoms. The Labute approximate surface area is 159 Å². The molecule has 1 fully saturated rings. The molecule has 130 valence electrons. The zero-order valence-corrected chi connectivity index (χ0v) is 14.7. The van der Waals surface area contributed by atoms with Crippen LogP contribution < -0.4 is 15.4 Å². The Balaban J connectivity index is 1.82. The molecule has 0 saturated carbocycles. The highest BCUT2D eigenvalue weighted by Gasteiger charge is 2.23. The van der Waals surface area contributed by atoms with E-state index in [1.165, 1.54) is 6.08 Å². The first kappa shape index (κ1) is 17.8. The minimum atomic E-state index is -0.588. The van der Waals surface area contributed by atoms with Crippen molar-refractivity contribution in [2.45, 2.75) is 6.61 Å². The van der Waals surface area contributed by atoms with Gasteiger partial charge in [0.1, 0.15) is 12.3 Å². The predicted molar refractivity (Wildman–Crippen MR) is 96.6 cm³/mol. The third-order valence-corrected chi connectivity index (χ3v) is 4.12. The van der Waals surface area contributed by atoms with Crippen LogP contribution in [0.5, 0.6) is 5.75 Å². The number of urea groups is 1. The van der Waals surface area contributed by atoms with E-state index in [4.69, 9.17) is 33.2 Å². The summed E-state index contributed by atoms with van der Waals surface area (Å²) in [5, 5.41) is 14.1. The Morgan fingerprint density at radius 3 is 2.42 bits per heavy atom. The molecule has 1 aliphatic rings. The number of hydrogen-bond donors (Lipinski definition) is 2. The molecule has 3 rings (SSSR count). The molecule has 1 saturated heterocycles. The summed E-state index contributed by atoms with van der Waals surface area (Å²) in [4.78, 5) is 22.7. The third kappa shape index (κ3) is 3.80. The van der Waals surface area contributed by atoms with Gasteiger partial charge < -0.3 is 10.1 Å². The van der Waals surface area contributed by atoms with Crippen molar-refractivity contribution in [3.8, 4) is 11.8 Å². The van der Waals surface area contributed by atoms with E-state index < -0.39 is 11.9 Å². The van der Waals surface area contributed by atoms with Crippen LogP contribution in [0.15, 0.2) is 42.1 Å². The highest BCUT2D eigenvalue weighted by atomic mass is 35.5. The van der Waals surface area contributed by atoms with Gasteiger partial charge in [-0.05, 0) is 29.8 Å². The molecule has 1 aliphatic heterocycles. The maximum Gasteiger partial charge on any atom is 0.326 e. The van der Waals surface area contributed by atoms with Crippen molar-refractivity contribution in [1.29, 1.82) is 5.26 Å². The topological polar surface area (TPSA) is 91.2 Å². The highest BCUT2D eigenvalue weighted by Crippen LogP contribution is 2.35. The summed E-state index contributed by atoms with van der Waals surface area (Å²) in [6.07, 6.45) is 1.45. The molecule has 0 aromatic heterocycles. The van der Waals surface area contributed by atoms with Gasteiger partial charge in [0.05, 0.1) is 21.7 Å². The number of nitrogens with zero attached hydrogens (tertiary/aromatic N) is 1. The number of carbonyl (C=O) groups is 2. The van der Waals surface area contributed by atoms with Crippen molar-refractivity contribution in [3.05, 3.63) is 68.8 Å². The van der Waals surface area contributed by atoms with Crippen molar-refractivity contribution in [2.24, 2.45) is 0 Å². The van der Waals surface area contributed by atoms with Crippen molar-refractivity contribution in [3.63, 3.8) is 0 Å². The van der Waals surface area contributed by atoms with E-state index >= 15 is 0 Å². The number of amides is 3. The zero-order chi connectivity index (χ0) is 18.7. The number of halogens is 2. The maximum atomic E-state index is 11.6. The van der Waals surface area contributed by atoms with E-state index in [-0.39, 0.29) is 28.1 Å². The lowest BCUT2D eigenvalue weighted by atomic mass is 10.1. The van der Waals surface area contributed by atoms with Crippen LogP contribution in [0.4, 0.5) is 4.79 Å². The van der Waals surface area contributed by atoms with Crippen molar-refractivity contribution < 1.29 is 14.3 Å². The Morgan fingerprint density at radius 2 is 1.81 bits per heavy atom. The van der Waals surface area contributed by atoms with Crippen LogP contribution in [-0.4, -0.2) is 11.9 Å². The van der Waals surface area contributed by atoms with Crippen LogP contribution >= 0.6 is 23.2 Å². The molecule has 0 radical (unpaired) electrons. The second kappa shape index (κ2) is 7.48. The molecular weight excluding hydrogens is 377 g/mol. The molecule has 2 aromatic rings. The Morgan fingerprint density at radius 1 is 1.12 bits per heavy atom. The quantitative estimate of drug-likeness (QED) is 0.618. The Kier molecular flexibility index (Phi) is 5.12. The van der Waals surface area contributed by atoms with E-state index in [1.54, 1.807) is 36.4 Å². The minimum Gasteiger partial charge on any atom is -0.486 e. The minimum absolute atomic E-state index is 0.0961. The largest absolute Gasteiger partial charge is 0.486 e. The van der Waals surface area contributed by atoms with Crippen molar-refractivity contribution in [1.82, 2.24) is 10.6 Å². The fourth-order valence-corrected chi connectivity index (χ4v) is 2.97. The zero-order valence-electron chi connectivity index (χ0n) is 13.2. The average Bonchev–Trinajstić information content (AvgIpc) is 2.91. The standard InChI is InChI=1S/C18H11Cl2N3O3/c19-13-5-10(7-15-17(24)23-18(25)22-15)6-14(20)16(13)26-9-12-4-2-1-3-11(12)8-21/h1-7H,9H2,(H2,22,23,24,25)/b15-7+. The molecule has 26 heavy (non-hydrogen) atoms. The number of benzene rings is 2. The molecule has 0 unspecified atom stereocenters. The monoisotopic (exact) mass is 387 g/mol. The molecular formula is C18H11Cl2N3O3. The number of hydrogen-bond acceptors (Lipinski definition) is 4. The summed E-state index contributed by atoms with van der Waals surface area (Å²) in [7, 11) is 0. The van der Waals surface area contributed by atoms with Crippen LogP contribution in [0.1, 0.15) is 16.7 Å². The fourth-order valence-electron chi connectivity index (χ4n) is 2.35. The first-order valence-electron chi connectivity index (χ1n) is 7.42. The summed E-state index contributed by atoms with van der Waals surface area (Å²) >= 11 is 12.5. The van der Waals surface area contributed by atoms with Crippen molar-refractivity contribution in [2.75, 3.05) is 0 Å². The highest BCUT2D eigenvalue weighted by molar-refractivity contribution is 6.37. The van der Waals surface area contributed by atoms with Crippen LogP contribution in [0.25, 0.3) is 6.08 Å². The lowest BCUT2D eigenvalue weighted by Gasteiger charge is -2.12. The van der Waals surface area contributed by atoms with E-state index in [0.717, 1.165) is 0 Å². The summed E-state index contributed by atoms with van der Waals surface area (Å²) in [6, 6.07) is 11.7. The van der Waals surface area contributed by atoms with Crippen LogP contribution in [0, 0.1) is 11.3 Å². The van der Waals surface area contributed by atoms with Gasteiger partial charge in [-0.15, -0.1) is 0 Å². The van der Waals surface area contributed by atoms with Gasteiger partial charge in [0.2, 0.25) is 0 Å². The molecule has 0 spiro atoms. The van der Waals surface area contributed by atoms with Gasteiger partial charge in [0.15, 0.2) is 5.75 Å². The lowest BCUT2D eigenvalue weighted by Crippen LogP contribution is -2.22. The fraction of sp³-hybridized carbons (Fsp3) is 0.0556. The number of nitrogens with one attached hydrogen (secondary N) is 2. The number of imide groups is 1. The number of nitriles is 1. The predicted octanol–water partition coefficient (Wildman–Crippen LogP) is 3.62. The molecule has 0 atom stereocenters. The molecule has 2 N–H and O–H groups in total. The smallest absolute Gasteiger partial charge is 0.326 e. The van der Waals surface area contributed by atoms with Gasteiger partial charge in [-0.2, -0.15) is 5.26 Å². The van der Waals surface area contributed by atoms with Gasteiger partial charge in [-0.3, -0.25) is 10.1 Å². The average molecular weight is 388 g/mol. The first-order chi connectivity index (χ1) is 12.5. The van der Waals surface area contributed by atoms with Crippen molar-refractivity contribution >= 4 is 41.2 Å². The van der Waals surface area contributed by atoms with Gasteiger partial charge in [0.25, 0.3) is 5.91 Å². The van der Waals surface area contributed by atoms with Crippen LogP contribution in [0.2, 0.25) is 10.0 Å². The first-order valence-corrected chi connectivity index (χ1v) is 8.17. The summed E-state index contributed by atoms with van der Waals surface area (Å²) in [5.41, 5.74) is 1.83. The molecule has 3 amide bonds. The van der Waals surface area contributed by atoms with Crippen LogP contribution in [0.3, 0.4) is 0 Å². The van der Waals surface area contributed by atoms with Gasteiger partial charge >= 0.3 is 6.03 Å². The molecule has 6 nitrogen and oxygen atoms in total. The molecule has 1 heterocycles. The van der Waals surface area contributed by atoms with E-state index in [1.807, 2.05) is 0 Å². The normalized spacial score (nSPS) is 14.7. The third-order valence-electron chi connectivity index (χ3n) is 3.56. The van der Waals surface area contributed by atoms with E-state index in [2.05, 4.69) is 16.7 Å².